The van der Waals surface area contributed by atoms with E-state index in [2.05, 4.69) is 0 Å². The average molecular weight is 301 g/mol. The Morgan fingerprint density at radius 3 is 2.38 bits per heavy atom. The lowest BCUT2D eigenvalue weighted by Gasteiger charge is -2.07. The van der Waals surface area contributed by atoms with E-state index in [0.29, 0.717) is 11.3 Å². The van der Waals surface area contributed by atoms with Crippen molar-refractivity contribution in [1.82, 2.24) is 0 Å². The predicted molar refractivity (Wildman–Crippen MR) is 82.6 cm³/mol. The average Bonchev–Trinajstić information content (AvgIpc) is 2.52. The summed E-state index contributed by atoms with van der Waals surface area (Å²) < 4.78 is 5.24. The van der Waals surface area contributed by atoms with Gasteiger partial charge in [0.2, 0.25) is 0 Å². The van der Waals surface area contributed by atoms with Gasteiger partial charge in [-0.05, 0) is 35.4 Å². The molecule has 0 fully saturated rings. The molecule has 21 heavy (non-hydrogen) atoms. The molecule has 0 saturated carbocycles. The van der Waals surface area contributed by atoms with Crippen LogP contribution in [0.1, 0.15) is 15.9 Å². The topological polar surface area (TPSA) is 43.4 Å². The number of carbonyl (C=O) groups is 2. The molecule has 2 aromatic carbocycles. The van der Waals surface area contributed by atoms with Crippen molar-refractivity contribution in [3.63, 3.8) is 0 Å². The molecule has 0 saturated heterocycles. The van der Waals surface area contributed by atoms with Gasteiger partial charge < -0.3 is 4.74 Å². The van der Waals surface area contributed by atoms with Crippen LogP contribution in [0.3, 0.4) is 0 Å². The van der Waals surface area contributed by atoms with Gasteiger partial charge >= 0.3 is 0 Å². The van der Waals surface area contributed by atoms with E-state index in [1.54, 1.807) is 30.3 Å². The maximum absolute atomic E-state index is 12.2. The highest BCUT2D eigenvalue weighted by Gasteiger charge is 2.10. The number of para-hydroxylation sites is 1. The first-order chi connectivity index (χ1) is 10.2. The Kier molecular flexibility index (Phi) is 5.29. The van der Waals surface area contributed by atoms with Gasteiger partial charge in [-0.25, -0.2) is 0 Å². The van der Waals surface area contributed by atoms with Crippen molar-refractivity contribution in [2.75, 3.05) is 6.61 Å². The van der Waals surface area contributed by atoms with Crippen LogP contribution in [0, 0.1) is 0 Å². The van der Waals surface area contributed by atoms with Crippen LogP contribution in [0.4, 0.5) is 0 Å². The molecule has 0 N–H and O–H groups in total. The Hall–Kier alpha value is -2.39. The summed E-state index contributed by atoms with van der Waals surface area (Å²) in [6.07, 6.45) is 3.20. The highest BCUT2D eigenvalue weighted by molar-refractivity contribution is 6.63. The molecule has 4 heteroatoms. The fourth-order valence-electron chi connectivity index (χ4n) is 1.76. The standard InChI is InChI=1S/C17H13ClO3/c18-17(20)12-21-16-9-5-4-8-14(16)15(19)11-10-13-6-2-1-3-7-13/h1-11H,12H2/b11-10+. The third kappa shape index (κ3) is 4.58. The molecular formula is C17H13ClO3. The van der Waals surface area contributed by atoms with Gasteiger partial charge in [0, 0.05) is 0 Å². The minimum Gasteiger partial charge on any atom is -0.484 e. The zero-order valence-electron chi connectivity index (χ0n) is 11.2. The van der Waals surface area contributed by atoms with E-state index >= 15 is 0 Å². The first-order valence-corrected chi connectivity index (χ1v) is 6.72. The summed E-state index contributed by atoms with van der Waals surface area (Å²) in [7, 11) is 0. The van der Waals surface area contributed by atoms with Gasteiger partial charge in [0.05, 0.1) is 5.56 Å². The van der Waals surface area contributed by atoms with Crippen molar-refractivity contribution in [3.05, 3.63) is 71.8 Å². The van der Waals surface area contributed by atoms with E-state index in [-0.39, 0.29) is 12.4 Å². The molecule has 0 aliphatic carbocycles. The van der Waals surface area contributed by atoms with Crippen LogP contribution in [-0.4, -0.2) is 17.6 Å². The minimum absolute atomic E-state index is 0.198. The Balaban J connectivity index is 2.15. The second-order valence-electron chi connectivity index (χ2n) is 4.25. The number of halogens is 1. The van der Waals surface area contributed by atoms with E-state index in [0.717, 1.165) is 5.56 Å². The third-order valence-electron chi connectivity index (χ3n) is 2.72. The van der Waals surface area contributed by atoms with Gasteiger partial charge in [0.25, 0.3) is 5.24 Å². The molecule has 0 unspecified atom stereocenters. The number of benzene rings is 2. The van der Waals surface area contributed by atoms with E-state index in [1.165, 1.54) is 6.08 Å². The lowest BCUT2D eigenvalue weighted by atomic mass is 10.1. The molecule has 0 heterocycles. The normalized spacial score (nSPS) is 10.5. The van der Waals surface area contributed by atoms with Crippen LogP contribution in [0.15, 0.2) is 60.7 Å². The SMILES string of the molecule is O=C(Cl)COc1ccccc1C(=O)/C=C/c1ccccc1. The van der Waals surface area contributed by atoms with Gasteiger partial charge in [-0.2, -0.15) is 0 Å². The third-order valence-corrected chi connectivity index (χ3v) is 2.83. The van der Waals surface area contributed by atoms with Crippen LogP contribution >= 0.6 is 11.6 Å². The number of allylic oxidation sites excluding steroid dienone is 1. The van der Waals surface area contributed by atoms with Crippen LogP contribution in [0.2, 0.25) is 0 Å². The van der Waals surface area contributed by atoms with Crippen LogP contribution < -0.4 is 4.74 Å². The van der Waals surface area contributed by atoms with Gasteiger partial charge in [0.1, 0.15) is 5.75 Å². The second kappa shape index (κ2) is 7.41. The number of hydrogen-bond donors (Lipinski definition) is 0. The highest BCUT2D eigenvalue weighted by atomic mass is 35.5. The highest BCUT2D eigenvalue weighted by Crippen LogP contribution is 2.19. The van der Waals surface area contributed by atoms with Gasteiger partial charge in [-0.3, -0.25) is 9.59 Å². The van der Waals surface area contributed by atoms with E-state index < -0.39 is 5.24 Å². The van der Waals surface area contributed by atoms with Crippen LogP contribution in [-0.2, 0) is 4.79 Å². The lowest BCUT2D eigenvalue weighted by Crippen LogP contribution is -2.07. The Morgan fingerprint density at radius 2 is 1.67 bits per heavy atom. The molecule has 0 bridgehead atoms. The quantitative estimate of drug-likeness (QED) is 0.464. The minimum atomic E-state index is -0.614. The first-order valence-electron chi connectivity index (χ1n) is 6.34. The zero-order chi connectivity index (χ0) is 15.1. The smallest absolute Gasteiger partial charge is 0.259 e. The van der Waals surface area contributed by atoms with Crippen molar-refractivity contribution in [3.8, 4) is 5.75 Å². The molecule has 0 aromatic heterocycles. The fourth-order valence-corrected chi connectivity index (χ4v) is 1.81. The van der Waals surface area contributed by atoms with Crippen LogP contribution in [0.5, 0.6) is 5.75 Å². The number of hydrogen-bond acceptors (Lipinski definition) is 3. The number of ether oxygens (including phenoxy) is 1. The summed E-state index contributed by atoms with van der Waals surface area (Å²) in [4.78, 5) is 22.9. The summed E-state index contributed by atoms with van der Waals surface area (Å²) in [5, 5.41) is -0.614. The fraction of sp³-hybridized carbons (Fsp3) is 0.0588. The molecule has 106 valence electrons. The first kappa shape index (κ1) is 15.0. The molecule has 0 aliphatic rings. The van der Waals surface area contributed by atoms with Crippen LogP contribution in [0.25, 0.3) is 6.08 Å². The Labute approximate surface area is 127 Å². The molecule has 0 aliphatic heterocycles. The molecular weight excluding hydrogens is 288 g/mol. The van der Waals surface area contributed by atoms with Crippen molar-refractivity contribution in [2.45, 2.75) is 0 Å². The van der Waals surface area contributed by atoms with E-state index in [1.807, 2.05) is 30.3 Å². The number of ketones is 1. The van der Waals surface area contributed by atoms with Gasteiger partial charge in [0.15, 0.2) is 12.4 Å². The van der Waals surface area contributed by atoms with Crippen molar-refractivity contribution >= 4 is 28.7 Å². The summed E-state index contributed by atoms with van der Waals surface area (Å²) in [6.45, 7) is -0.270. The summed E-state index contributed by atoms with van der Waals surface area (Å²) in [6, 6.07) is 16.2. The Morgan fingerprint density at radius 1 is 1.00 bits per heavy atom. The molecule has 2 rings (SSSR count). The maximum atomic E-state index is 12.2. The van der Waals surface area contributed by atoms with E-state index in [9.17, 15) is 9.59 Å². The Bertz CT molecular complexity index is 663. The molecule has 2 aromatic rings. The maximum Gasteiger partial charge on any atom is 0.259 e. The monoisotopic (exact) mass is 300 g/mol. The van der Waals surface area contributed by atoms with Crippen molar-refractivity contribution < 1.29 is 14.3 Å². The zero-order valence-corrected chi connectivity index (χ0v) is 11.9. The summed E-state index contributed by atoms with van der Waals surface area (Å²) >= 11 is 5.24. The molecule has 0 radical (unpaired) electrons. The molecule has 0 spiro atoms. The molecule has 0 atom stereocenters. The molecule has 0 amide bonds. The van der Waals surface area contributed by atoms with Crippen molar-refractivity contribution in [2.24, 2.45) is 0 Å². The molecule has 3 nitrogen and oxygen atoms in total. The van der Waals surface area contributed by atoms with E-state index in [4.69, 9.17) is 16.3 Å². The number of carbonyl (C=O) groups excluding carboxylic acids is 2. The lowest BCUT2D eigenvalue weighted by molar-refractivity contribution is -0.113. The summed E-state index contributed by atoms with van der Waals surface area (Å²) in [5.41, 5.74) is 1.32. The summed E-state index contributed by atoms with van der Waals surface area (Å²) in [5.74, 6) is 0.144. The number of rotatable bonds is 6. The largest absolute Gasteiger partial charge is 0.484 e. The van der Waals surface area contributed by atoms with Gasteiger partial charge in [-0.1, -0.05) is 48.5 Å². The predicted octanol–water partition coefficient (Wildman–Crippen LogP) is 3.73. The second-order valence-corrected chi connectivity index (χ2v) is 4.67. The van der Waals surface area contributed by atoms with Crippen molar-refractivity contribution in [1.29, 1.82) is 0 Å². The van der Waals surface area contributed by atoms with Gasteiger partial charge in [-0.15, -0.1) is 0 Å².